The first-order valence-corrected chi connectivity index (χ1v) is 8.64. The first kappa shape index (κ1) is 18.8. The molecule has 0 bridgehead atoms. The van der Waals surface area contributed by atoms with Gasteiger partial charge in [-0.3, -0.25) is 9.59 Å². The number of nitrogens with zero attached hydrogens (tertiary/aromatic N) is 1. The third kappa shape index (κ3) is 4.62. The number of nitrogens with one attached hydrogen (secondary N) is 1. The van der Waals surface area contributed by atoms with Crippen LogP contribution in [0.25, 0.3) is 0 Å². The average molecular weight is 391 g/mol. The van der Waals surface area contributed by atoms with Crippen molar-refractivity contribution in [2.45, 2.75) is 12.8 Å². The predicted molar refractivity (Wildman–Crippen MR) is 98.4 cm³/mol. The lowest BCUT2D eigenvalue weighted by Gasteiger charge is -2.16. The molecule has 1 heterocycles. The highest BCUT2D eigenvalue weighted by atomic mass is 35.5. The molecule has 1 fully saturated rings. The number of ether oxygens (including phenoxy) is 1. The van der Waals surface area contributed by atoms with Crippen LogP contribution in [0, 0.1) is 5.82 Å². The van der Waals surface area contributed by atoms with E-state index in [1.54, 1.807) is 23.1 Å². The zero-order chi connectivity index (χ0) is 19.4. The highest BCUT2D eigenvalue weighted by molar-refractivity contribution is 6.30. The Morgan fingerprint density at radius 1 is 1.22 bits per heavy atom. The molecule has 0 aliphatic carbocycles. The molecule has 0 aromatic heterocycles. The number of benzene rings is 2. The van der Waals surface area contributed by atoms with Gasteiger partial charge in [-0.15, -0.1) is 0 Å². The molecule has 0 radical (unpaired) electrons. The van der Waals surface area contributed by atoms with Crippen molar-refractivity contribution in [3.63, 3.8) is 0 Å². The highest BCUT2D eigenvalue weighted by Crippen LogP contribution is 2.23. The molecule has 27 heavy (non-hydrogen) atoms. The van der Waals surface area contributed by atoms with E-state index in [4.69, 9.17) is 16.3 Å². The minimum absolute atomic E-state index is 0.00319. The van der Waals surface area contributed by atoms with E-state index in [1.807, 2.05) is 0 Å². The second-order valence-corrected chi connectivity index (χ2v) is 6.38. The van der Waals surface area contributed by atoms with E-state index in [0.717, 1.165) is 12.5 Å². The summed E-state index contributed by atoms with van der Waals surface area (Å²) in [6.45, 7) is 0.0165. The van der Waals surface area contributed by atoms with Gasteiger partial charge in [0, 0.05) is 23.7 Å². The molecule has 1 N–H and O–H groups in total. The van der Waals surface area contributed by atoms with Gasteiger partial charge >= 0.3 is 5.97 Å². The van der Waals surface area contributed by atoms with Gasteiger partial charge in [0.2, 0.25) is 5.91 Å². The van der Waals surface area contributed by atoms with Gasteiger partial charge in [-0.25, -0.2) is 9.18 Å². The Balaban J connectivity index is 1.60. The van der Waals surface area contributed by atoms with Crippen molar-refractivity contribution >= 4 is 40.8 Å². The number of halogens is 2. The molecule has 3 rings (SSSR count). The molecule has 2 aromatic carbocycles. The number of esters is 1. The molecule has 2 amide bonds. The minimum atomic E-state index is -0.717. The SMILES string of the molecule is O=C(COC(=O)c1cccc(N2CCCC2=O)c1)Nc1cc(Cl)ccc1F. The summed E-state index contributed by atoms with van der Waals surface area (Å²) in [5.74, 6) is -2.06. The zero-order valence-corrected chi connectivity index (χ0v) is 15.0. The van der Waals surface area contributed by atoms with Gasteiger partial charge in [-0.1, -0.05) is 17.7 Å². The zero-order valence-electron chi connectivity index (χ0n) is 14.2. The van der Waals surface area contributed by atoms with Crippen LogP contribution in [0.2, 0.25) is 5.02 Å². The summed E-state index contributed by atoms with van der Waals surface area (Å²) in [5.41, 5.74) is 0.726. The van der Waals surface area contributed by atoms with Gasteiger partial charge < -0.3 is 15.0 Å². The number of hydrogen-bond acceptors (Lipinski definition) is 4. The van der Waals surface area contributed by atoms with E-state index in [2.05, 4.69) is 5.32 Å². The Morgan fingerprint density at radius 2 is 2.04 bits per heavy atom. The lowest BCUT2D eigenvalue weighted by molar-refractivity contribution is -0.119. The predicted octanol–water partition coefficient (Wildman–Crippen LogP) is 3.40. The van der Waals surface area contributed by atoms with E-state index in [0.29, 0.717) is 18.7 Å². The van der Waals surface area contributed by atoms with Crippen LogP contribution in [0.4, 0.5) is 15.8 Å². The Hall–Kier alpha value is -2.93. The maximum atomic E-state index is 13.6. The molecule has 1 aliphatic heterocycles. The molecule has 140 valence electrons. The Morgan fingerprint density at radius 3 is 2.78 bits per heavy atom. The fraction of sp³-hybridized carbons (Fsp3) is 0.211. The fourth-order valence-electron chi connectivity index (χ4n) is 2.72. The van der Waals surface area contributed by atoms with Crippen molar-refractivity contribution in [2.75, 3.05) is 23.4 Å². The molecule has 0 unspecified atom stereocenters. The molecule has 0 saturated carbocycles. The molecular weight excluding hydrogens is 375 g/mol. The normalized spacial score (nSPS) is 13.6. The van der Waals surface area contributed by atoms with E-state index in [-0.39, 0.29) is 22.2 Å². The third-order valence-corrected chi connectivity index (χ3v) is 4.24. The number of anilines is 2. The van der Waals surface area contributed by atoms with Crippen LogP contribution in [-0.2, 0) is 14.3 Å². The quantitative estimate of drug-likeness (QED) is 0.794. The largest absolute Gasteiger partial charge is 0.452 e. The number of amides is 2. The summed E-state index contributed by atoms with van der Waals surface area (Å²) in [7, 11) is 0. The maximum absolute atomic E-state index is 13.6. The smallest absolute Gasteiger partial charge is 0.338 e. The van der Waals surface area contributed by atoms with Crippen LogP contribution < -0.4 is 10.2 Å². The topological polar surface area (TPSA) is 75.7 Å². The second kappa shape index (κ2) is 8.18. The van der Waals surface area contributed by atoms with Crippen LogP contribution >= 0.6 is 11.6 Å². The first-order valence-electron chi connectivity index (χ1n) is 8.26. The summed E-state index contributed by atoms with van der Waals surface area (Å²) in [6.07, 6.45) is 1.25. The first-order chi connectivity index (χ1) is 12.9. The number of hydrogen-bond donors (Lipinski definition) is 1. The van der Waals surface area contributed by atoms with Gasteiger partial charge in [0.25, 0.3) is 5.91 Å². The number of rotatable bonds is 5. The lowest BCUT2D eigenvalue weighted by atomic mass is 10.2. The van der Waals surface area contributed by atoms with E-state index in [9.17, 15) is 18.8 Å². The molecule has 0 atom stereocenters. The summed E-state index contributed by atoms with van der Waals surface area (Å²) >= 11 is 5.76. The van der Waals surface area contributed by atoms with Crippen molar-refractivity contribution in [1.29, 1.82) is 0 Å². The average Bonchev–Trinajstić information content (AvgIpc) is 3.09. The van der Waals surface area contributed by atoms with Crippen LogP contribution in [0.1, 0.15) is 23.2 Å². The van der Waals surface area contributed by atoms with Gasteiger partial charge in [0.05, 0.1) is 11.3 Å². The van der Waals surface area contributed by atoms with Crippen molar-refractivity contribution in [3.8, 4) is 0 Å². The summed E-state index contributed by atoms with van der Waals surface area (Å²) < 4.78 is 18.6. The molecule has 0 spiro atoms. The fourth-order valence-corrected chi connectivity index (χ4v) is 2.89. The lowest BCUT2D eigenvalue weighted by Crippen LogP contribution is -2.24. The van der Waals surface area contributed by atoms with Gasteiger partial charge in [0.15, 0.2) is 6.61 Å². The molecule has 2 aromatic rings. The second-order valence-electron chi connectivity index (χ2n) is 5.95. The van der Waals surface area contributed by atoms with Crippen LogP contribution in [-0.4, -0.2) is 30.9 Å². The number of carbonyl (C=O) groups is 3. The van der Waals surface area contributed by atoms with Gasteiger partial charge in [0.1, 0.15) is 5.82 Å². The van der Waals surface area contributed by atoms with E-state index < -0.39 is 24.3 Å². The Bertz CT molecular complexity index is 903. The summed E-state index contributed by atoms with van der Waals surface area (Å²) in [4.78, 5) is 37.5. The Labute approximate surface area is 159 Å². The van der Waals surface area contributed by atoms with Crippen molar-refractivity contribution < 1.29 is 23.5 Å². The van der Waals surface area contributed by atoms with Crippen molar-refractivity contribution in [3.05, 3.63) is 58.9 Å². The molecular formula is C19H16ClFN2O4. The van der Waals surface area contributed by atoms with Gasteiger partial charge in [-0.05, 0) is 42.8 Å². The van der Waals surface area contributed by atoms with Crippen molar-refractivity contribution in [2.24, 2.45) is 0 Å². The summed E-state index contributed by atoms with van der Waals surface area (Å²) in [6, 6.07) is 10.2. The third-order valence-electron chi connectivity index (χ3n) is 4.00. The van der Waals surface area contributed by atoms with Crippen LogP contribution in [0.15, 0.2) is 42.5 Å². The molecule has 8 heteroatoms. The number of carbonyl (C=O) groups excluding carboxylic acids is 3. The van der Waals surface area contributed by atoms with Crippen LogP contribution in [0.5, 0.6) is 0 Å². The Kier molecular flexibility index (Phi) is 5.71. The van der Waals surface area contributed by atoms with E-state index in [1.165, 1.54) is 18.2 Å². The molecule has 1 saturated heterocycles. The summed E-state index contributed by atoms with van der Waals surface area (Å²) in [5, 5.41) is 2.55. The molecule has 1 aliphatic rings. The standard InChI is InChI=1S/C19H16ClFN2O4/c20-13-6-7-15(21)16(10-13)22-17(24)11-27-19(26)12-3-1-4-14(9-12)23-8-2-5-18(23)25/h1,3-4,6-7,9-10H,2,5,8,11H2,(H,22,24). The van der Waals surface area contributed by atoms with Crippen molar-refractivity contribution in [1.82, 2.24) is 0 Å². The van der Waals surface area contributed by atoms with Crippen LogP contribution in [0.3, 0.4) is 0 Å². The highest BCUT2D eigenvalue weighted by Gasteiger charge is 2.22. The van der Waals surface area contributed by atoms with E-state index >= 15 is 0 Å². The maximum Gasteiger partial charge on any atom is 0.338 e. The van der Waals surface area contributed by atoms with Gasteiger partial charge in [-0.2, -0.15) is 0 Å². The monoisotopic (exact) mass is 390 g/mol. The molecule has 6 nitrogen and oxygen atoms in total. The minimum Gasteiger partial charge on any atom is -0.452 e.